The van der Waals surface area contributed by atoms with Crippen molar-refractivity contribution < 1.29 is 14.0 Å². The summed E-state index contributed by atoms with van der Waals surface area (Å²) in [5.41, 5.74) is 1.97. The number of nitrogens with one attached hydrogen (secondary N) is 2. The van der Waals surface area contributed by atoms with Crippen molar-refractivity contribution >= 4 is 23.2 Å². The van der Waals surface area contributed by atoms with Crippen LogP contribution < -0.4 is 10.6 Å². The number of nitrogens with zero attached hydrogens (tertiary/aromatic N) is 1. The number of hydrogen-bond donors (Lipinski definition) is 2. The predicted octanol–water partition coefficient (Wildman–Crippen LogP) is 3.89. The van der Waals surface area contributed by atoms with Crippen LogP contribution in [0, 0.1) is 5.82 Å². The molecule has 2 aromatic carbocycles. The SMILES string of the molecule is O=C(CNc1ccc(C(=O)N2CCCCCC2)cc1)Nc1ccc(F)cc1. The van der Waals surface area contributed by atoms with Gasteiger partial charge in [0.05, 0.1) is 6.54 Å². The Bertz CT molecular complexity index is 767. The molecule has 0 aliphatic carbocycles. The number of rotatable bonds is 5. The zero-order valence-corrected chi connectivity index (χ0v) is 15.2. The largest absolute Gasteiger partial charge is 0.376 e. The molecule has 0 aromatic heterocycles. The van der Waals surface area contributed by atoms with E-state index in [1.165, 1.54) is 37.1 Å². The molecule has 2 aromatic rings. The van der Waals surface area contributed by atoms with Gasteiger partial charge >= 0.3 is 0 Å². The Morgan fingerprint density at radius 1 is 0.852 bits per heavy atom. The van der Waals surface area contributed by atoms with Gasteiger partial charge in [-0.25, -0.2) is 4.39 Å². The van der Waals surface area contributed by atoms with Gasteiger partial charge in [0.1, 0.15) is 5.82 Å². The number of amides is 2. The van der Waals surface area contributed by atoms with E-state index < -0.39 is 0 Å². The van der Waals surface area contributed by atoms with Crippen molar-refractivity contribution in [3.8, 4) is 0 Å². The van der Waals surface area contributed by atoms with E-state index in [1.54, 1.807) is 24.3 Å². The van der Waals surface area contributed by atoms with Crippen LogP contribution >= 0.6 is 0 Å². The van der Waals surface area contributed by atoms with E-state index in [4.69, 9.17) is 0 Å². The molecule has 0 atom stereocenters. The Labute approximate surface area is 158 Å². The van der Waals surface area contributed by atoms with Crippen molar-refractivity contribution in [3.63, 3.8) is 0 Å². The highest BCUT2D eigenvalue weighted by Crippen LogP contribution is 2.16. The van der Waals surface area contributed by atoms with Crippen LogP contribution in [0.25, 0.3) is 0 Å². The van der Waals surface area contributed by atoms with E-state index in [9.17, 15) is 14.0 Å². The molecule has 142 valence electrons. The molecule has 1 fully saturated rings. The smallest absolute Gasteiger partial charge is 0.253 e. The molecule has 1 saturated heterocycles. The highest BCUT2D eigenvalue weighted by Gasteiger charge is 2.17. The summed E-state index contributed by atoms with van der Waals surface area (Å²) in [6, 6.07) is 12.8. The van der Waals surface area contributed by atoms with Gasteiger partial charge in [-0.15, -0.1) is 0 Å². The molecule has 0 spiro atoms. The van der Waals surface area contributed by atoms with Gasteiger partial charge < -0.3 is 15.5 Å². The van der Waals surface area contributed by atoms with Crippen molar-refractivity contribution in [1.29, 1.82) is 0 Å². The summed E-state index contributed by atoms with van der Waals surface area (Å²) in [4.78, 5) is 26.5. The minimum Gasteiger partial charge on any atom is -0.376 e. The molecule has 6 heteroatoms. The average Bonchev–Trinajstić information content (AvgIpc) is 2.97. The number of carbonyl (C=O) groups is 2. The summed E-state index contributed by atoms with van der Waals surface area (Å²) in [5.74, 6) is -0.509. The van der Waals surface area contributed by atoms with Crippen LogP contribution in [0.4, 0.5) is 15.8 Å². The zero-order valence-electron chi connectivity index (χ0n) is 15.2. The second-order valence-corrected chi connectivity index (χ2v) is 6.69. The molecule has 0 bridgehead atoms. The summed E-state index contributed by atoms with van der Waals surface area (Å²) in [6.45, 7) is 1.72. The van der Waals surface area contributed by atoms with Gasteiger partial charge in [-0.05, 0) is 61.4 Å². The number of hydrogen-bond acceptors (Lipinski definition) is 3. The lowest BCUT2D eigenvalue weighted by molar-refractivity contribution is -0.114. The molecule has 0 saturated carbocycles. The minimum absolute atomic E-state index is 0.0671. The minimum atomic E-state index is -0.346. The lowest BCUT2D eigenvalue weighted by Crippen LogP contribution is -2.31. The van der Waals surface area contributed by atoms with Crippen LogP contribution in [0.15, 0.2) is 48.5 Å². The van der Waals surface area contributed by atoms with Gasteiger partial charge in [-0.2, -0.15) is 0 Å². The van der Waals surface area contributed by atoms with Gasteiger partial charge in [0.25, 0.3) is 5.91 Å². The summed E-state index contributed by atoms with van der Waals surface area (Å²) in [5, 5.41) is 5.71. The molecular weight excluding hydrogens is 345 g/mol. The fraction of sp³-hybridized carbons (Fsp3) is 0.333. The van der Waals surface area contributed by atoms with Gasteiger partial charge in [-0.3, -0.25) is 9.59 Å². The summed E-state index contributed by atoms with van der Waals surface area (Å²) >= 11 is 0. The summed E-state index contributed by atoms with van der Waals surface area (Å²) in [6.07, 6.45) is 4.50. The molecule has 1 heterocycles. The van der Waals surface area contributed by atoms with Crippen LogP contribution in [0.5, 0.6) is 0 Å². The van der Waals surface area contributed by atoms with Crippen molar-refractivity contribution in [2.75, 3.05) is 30.3 Å². The lowest BCUT2D eigenvalue weighted by Gasteiger charge is -2.20. The van der Waals surface area contributed by atoms with E-state index >= 15 is 0 Å². The van der Waals surface area contributed by atoms with Gasteiger partial charge in [0.15, 0.2) is 0 Å². The number of carbonyl (C=O) groups excluding carboxylic acids is 2. The van der Waals surface area contributed by atoms with Crippen LogP contribution in [-0.4, -0.2) is 36.3 Å². The maximum absolute atomic E-state index is 12.9. The van der Waals surface area contributed by atoms with Crippen LogP contribution in [0.2, 0.25) is 0 Å². The third-order valence-electron chi connectivity index (χ3n) is 4.61. The van der Waals surface area contributed by atoms with E-state index in [0.29, 0.717) is 11.3 Å². The van der Waals surface area contributed by atoms with Gasteiger partial charge in [-0.1, -0.05) is 12.8 Å². The first-order valence-corrected chi connectivity index (χ1v) is 9.30. The normalized spacial score (nSPS) is 14.3. The number of halogens is 1. The molecular formula is C21H24FN3O2. The summed E-state index contributed by atoms with van der Waals surface area (Å²) in [7, 11) is 0. The molecule has 27 heavy (non-hydrogen) atoms. The van der Waals surface area contributed by atoms with Crippen molar-refractivity contribution in [2.24, 2.45) is 0 Å². The van der Waals surface area contributed by atoms with Crippen molar-refractivity contribution in [3.05, 3.63) is 59.9 Å². The van der Waals surface area contributed by atoms with Crippen LogP contribution in [0.3, 0.4) is 0 Å². The molecule has 5 nitrogen and oxygen atoms in total. The topological polar surface area (TPSA) is 61.4 Å². The zero-order chi connectivity index (χ0) is 19.1. The van der Waals surface area contributed by atoms with Crippen molar-refractivity contribution in [2.45, 2.75) is 25.7 Å². The Kier molecular flexibility index (Phi) is 6.41. The van der Waals surface area contributed by atoms with Crippen molar-refractivity contribution in [1.82, 2.24) is 4.90 Å². The van der Waals surface area contributed by atoms with Gasteiger partial charge in [0, 0.05) is 30.0 Å². The third kappa shape index (κ3) is 5.54. The standard InChI is InChI=1S/C21H24FN3O2/c22-17-7-11-19(12-8-17)24-20(26)15-23-18-9-5-16(6-10-18)21(27)25-13-3-1-2-4-14-25/h5-12,23H,1-4,13-15H2,(H,24,26). The molecule has 0 unspecified atom stereocenters. The monoisotopic (exact) mass is 369 g/mol. The average molecular weight is 369 g/mol. The molecule has 3 rings (SSSR count). The second-order valence-electron chi connectivity index (χ2n) is 6.69. The first-order chi connectivity index (χ1) is 13.1. The molecule has 1 aliphatic heterocycles. The fourth-order valence-electron chi connectivity index (χ4n) is 3.11. The lowest BCUT2D eigenvalue weighted by atomic mass is 10.1. The highest BCUT2D eigenvalue weighted by molar-refractivity contribution is 5.95. The molecule has 2 amide bonds. The quantitative estimate of drug-likeness (QED) is 0.840. The number of benzene rings is 2. The second kappa shape index (κ2) is 9.16. The van der Waals surface area contributed by atoms with E-state index in [0.717, 1.165) is 31.6 Å². The Morgan fingerprint density at radius 2 is 1.44 bits per heavy atom. The highest BCUT2D eigenvalue weighted by atomic mass is 19.1. The van der Waals surface area contributed by atoms with E-state index in [-0.39, 0.29) is 24.2 Å². The maximum Gasteiger partial charge on any atom is 0.253 e. The first-order valence-electron chi connectivity index (χ1n) is 9.30. The van der Waals surface area contributed by atoms with Gasteiger partial charge in [0.2, 0.25) is 5.91 Å². The number of anilines is 2. The molecule has 0 radical (unpaired) electrons. The third-order valence-corrected chi connectivity index (χ3v) is 4.61. The first kappa shape index (κ1) is 18.9. The predicted molar refractivity (Wildman–Crippen MR) is 104 cm³/mol. The van der Waals surface area contributed by atoms with Crippen LogP contribution in [-0.2, 0) is 4.79 Å². The Morgan fingerprint density at radius 3 is 2.07 bits per heavy atom. The Balaban J connectivity index is 1.50. The molecule has 2 N–H and O–H groups in total. The maximum atomic E-state index is 12.9. The molecule has 1 aliphatic rings. The number of likely N-dealkylation sites (tertiary alicyclic amines) is 1. The Hall–Kier alpha value is -2.89. The van der Waals surface area contributed by atoms with Crippen LogP contribution in [0.1, 0.15) is 36.0 Å². The van der Waals surface area contributed by atoms with E-state index in [1.807, 2.05) is 4.90 Å². The van der Waals surface area contributed by atoms with E-state index in [2.05, 4.69) is 10.6 Å². The fourth-order valence-corrected chi connectivity index (χ4v) is 3.11. The summed E-state index contributed by atoms with van der Waals surface area (Å²) < 4.78 is 12.9.